The summed E-state index contributed by atoms with van der Waals surface area (Å²) in [5.74, 6) is 2.27. The summed E-state index contributed by atoms with van der Waals surface area (Å²) in [6.07, 6.45) is 1.50. The molecule has 0 aliphatic heterocycles. The normalized spacial score (nSPS) is 10.1. The maximum Gasteiger partial charge on any atom is 0.158 e. The van der Waals surface area contributed by atoms with Crippen molar-refractivity contribution in [2.75, 3.05) is 37.0 Å². The van der Waals surface area contributed by atoms with E-state index in [0.717, 1.165) is 24.6 Å². The molecule has 0 spiro atoms. The van der Waals surface area contributed by atoms with Crippen LogP contribution in [0.4, 0.5) is 11.6 Å². The van der Waals surface area contributed by atoms with Crippen LogP contribution in [0, 0.1) is 11.3 Å². The van der Waals surface area contributed by atoms with E-state index in [-0.39, 0.29) is 0 Å². The number of nitrogens with one attached hydrogen (secondary N) is 1. The summed E-state index contributed by atoms with van der Waals surface area (Å²) in [5, 5.41) is 11.9. The second-order valence-electron chi connectivity index (χ2n) is 4.42. The van der Waals surface area contributed by atoms with Gasteiger partial charge in [-0.05, 0) is 13.3 Å². The first-order valence-corrected chi connectivity index (χ1v) is 6.98. The van der Waals surface area contributed by atoms with Crippen LogP contribution >= 0.6 is 0 Å². The average Bonchev–Trinajstić information content (AvgIpc) is 2.48. The minimum Gasteiger partial charge on any atom is -0.374 e. The molecule has 0 unspecified atom stereocenters. The topological polar surface area (TPSA) is 74.1 Å². The third-order valence-electron chi connectivity index (χ3n) is 2.70. The van der Waals surface area contributed by atoms with Gasteiger partial charge < -0.3 is 15.0 Å². The van der Waals surface area contributed by atoms with E-state index in [1.54, 1.807) is 0 Å². The van der Waals surface area contributed by atoms with Crippen molar-refractivity contribution in [3.05, 3.63) is 11.9 Å². The monoisotopic (exact) mass is 277 g/mol. The molecule has 0 bridgehead atoms. The van der Waals surface area contributed by atoms with Gasteiger partial charge in [-0.15, -0.1) is 0 Å². The molecule has 1 aromatic rings. The predicted molar refractivity (Wildman–Crippen MR) is 79.6 cm³/mol. The van der Waals surface area contributed by atoms with Crippen LogP contribution in [0.25, 0.3) is 0 Å². The summed E-state index contributed by atoms with van der Waals surface area (Å²) in [6, 6.07) is 4.05. The number of anilines is 2. The summed E-state index contributed by atoms with van der Waals surface area (Å²) in [6.45, 7) is 6.60. The van der Waals surface area contributed by atoms with Gasteiger partial charge in [-0.1, -0.05) is 6.92 Å². The number of aromatic nitrogens is 2. The van der Waals surface area contributed by atoms with E-state index in [4.69, 9.17) is 10.00 Å². The third-order valence-corrected chi connectivity index (χ3v) is 2.70. The summed E-state index contributed by atoms with van der Waals surface area (Å²) in [5.41, 5.74) is 0. The Kier molecular flexibility index (Phi) is 7.36. The van der Waals surface area contributed by atoms with Crippen LogP contribution in [-0.2, 0) is 11.3 Å². The van der Waals surface area contributed by atoms with Gasteiger partial charge in [0.25, 0.3) is 0 Å². The molecule has 0 aliphatic rings. The molecule has 6 nitrogen and oxygen atoms in total. The molecule has 20 heavy (non-hydrogen) atoms. The number of hydrogen-bond donors (Lipinski definition) is 1. The highest BCUT2D eigenvalue weighted by Gasteiger charge is 2.08. The Morgan fingerprint density at radius 1 is 1.40 bits per heavy atom. The molecule has 0 fully saturated rings. The van der Waals surface area contributed by atoms with E-state index in [9.17, 15) is 0 Å². The lowest BCUT2D eigenvalue weighted by Crippen LogP contribution is -2.21. The lowest BCUT2D eigenvalue weighted by atomic mass is 10.4. The molecule has 0 radical (unpaired) electrons. The van der Waals surface area contributed by atoms with Crippen molar-refractivity contribution >= 4 is 11.6 Å². The minimum atomic E-state index is 0.400. The van der Waals surface area contributed by atoms with Crippen LogP contribution in [0.15, 0.2) is 6.07 Å². The largest absolute Gasteiger partial charge is 0.374 e. The fraction of sp³-hybridized carbons (Fsp3) is 0.643. The fourth-order valence-electron chi connectivity index (χ4n) is 1.61. The Bertz CT molecular complexity index is 417. The van der Waals surface area contributed by atoms with Crippen molar-refractivity contribution < 1.29 is 4.74 Å². The van der Waals surface area contributed by atoms with Gasteiger partial charge in [-0.25, -0.2) is 9.97 Å². The third kappa shape index (κ3) is 5.41. The Hall–Kier alpha value is -1.87. The van der Waals surface area contributed by atoms with Crippen molar-refractivity contribution in [3.63, 3.8) is 0 Å². The maximum absolute atomic E-state index is 8.66. The highest BCUT2D eigenvalue weighted by atomic mass is 16.5. The number of nitrogens with zero attached hydrogens (tertiary/aromatic N) is 4. The van der Waals surface area contributed by atoms with Crippen LogP contribution in [0.3, 0.4) is 0 Å². The quantitative estimate of drug-likeness (QED) is 0.745. The van der Waals surface area contributed by atoms with Gasteiger partial charge >= 0.3 is 0 Å². The predicted octanol–water partition coefficient (Wildman–Crippen LogP) is 2.18. The van der Waals surface area contributed by atoms with Gasteiger partial charge in [-0.3, -0.25) is 0 Å². The van der Waals surface area contributed by atoms with E-state index >= 15 is 0 Å². The zero-order valence-electron chi connectivity index (χ0n) is 12.5. The second-order valence-corrected chi connectivity index (χ2v) is 4.42. The Morgan fingerprint density at radius 2 is 2.20 bits per heavy atom. The second kappa shape index (κ2) is 9.10. The van der Waals surface area contributed by atoms with Crippen LogP contribution in [0.2, 0.25) is 0 Å². The Labute approximate surface area is 120 Å². The van der Waals surface area contributed by atoms with E-state index in [0.29, 0.717) is 32.0 Å². The van der Waals surface area contributed by atoms with Gasteiger partial charge in [0.1, 0.15) is 18.2 Å². The summed E-state index contributed by atoms with van der Waals surface area (Å²) in [7, 11) is 1.92. The van der Waals surface area contributed by atoms with Gasteiger partial charge in [0.2, 0.25) is 0 Å². The average molecular weight is 277 g/mol. The van der Waals surface area contributed by atoms with Crippen molar-refractivity contribution in [1.82, 2.24) is 9.97 Å². The molecule has 1 N–H and O–H groups in total. The zero-order chi connectivity index (χ0) is 14.8. The summed E-state index contributed by atoms with van der Waals surface area (Å²) in [4.78, 5) is 10.9. The van der Waals surface area contributed by atoms with Crippen LogP contribution in [0.5, 0.6) is 0 Å². The molecule has 1 aromatic heterocycles. The molecule has 1 heterocycles. The molecule has 0 amide bonds. The first kappa shape index (κ1) is 16.2. The number of rotatable bonds is 9. The fourth-order valence-corrected chi connectivity index (χ4v) is 1.61. The van der Waals surface area contributed by atoms with Crippen molar-refractivity contribution in [1.29, 1.82) is 5.26 Å². The Morgan fingerprint density at radius 3 is 2.85 bits per heavy atom. The van der Waals surface area contributed by atoms with Gasteiger partial charge in [0, 0.05) is 32.8 Å². The lowest BCUT2D eigenvalue weighted by Gasteiger charge is -2.18. The number of hydrogen-bond acceptors (Lipinski definition) is 6. The molecule has 0 saturated carbocycles. The lowest BCUT2D eigenvalue weighted by molar-refractivity contribution is 0.128. The molecule has 0 saturated heterocycles. The van der Waals surface area contributed by atoms with Crippen LogP contribution in [0.1, 0.15) is 32.5 Å². The van der Waals surface area contributed by atoms with E-state index in [1.807, 2.05) is 24.9 Å². The molecular weight excluding hydrogens is 254 g/mol. The molecule has 110 valence electrons. The molecule has 1 rings (SSSR count). The zero-order valence-corrected chi connectivity index (χ0v) is 12.5. The highest BCUT2D eigenvalue weighted by Crippen LogP contribution is 2.15. The highest BCUT2D eigenvalue weighted by molar-refractivity contribution is 5.49. The number of ether oxygens (including phenoxy) is 1. The number of nitriles is 1. The summed E-state index contributed by atoms with van der Waals surface area (Å²) < 4.78 is 5.37. The van der Waals surface area contributed by atoms with Crippen LogP contribution in [-0.4, -0.2) is 36.7 Å². The molecule has 0 aliphatic carbocycles. The van der Waals surface area contributed by atoms with Gasteiger partial charge in [-0.2, -0.15) is 5.26 Å². The molecule has 0 atom stereocenters. The minimum absolute atomic E-state index is 0.400. The van der Waals surface area contributed by atoms with E-state index < -0.39 is 0 Å². The first-order chi connectivity index (χ1) is 9.71. The van der Waals surface area contributed by atoms with Gasteiger partial charge in [0.05, 0.1) is 12.5 Å². The smallest absolute Gasteiger partial charge is 0.158 e. The van der Waals surface area contributed by atoms with Crippen LogP contribution < -0.4 is 10.2 Å². The molecule has 6 heteroatoms. The van der Waals surface area contributed by atoms with Gasteiger partial charge in [0.15, 0.2) is 5.82 Å². The standard InChI is InChI=1S/C14H23N5O/c1-4-8-16-12-10-14(19(3)9-6-7-15)18-13(17-12)11-20-5-2/h10H,4-6,8-9,11H2,1-3H3,(H,16,17,18). The Balaban J connectivity index is 2.87. The molecule has 0 aromatic carbocycles. The van der Waals surface area contributed by atoms with Crippen molar-refractivity contribution in [2.45, 2.75) is 33.3 Å². The molecular formula is C14H23N5O. The van der Waals surface area contributed by atoms with E-state index in [2.05, 4.69) is 28.3 Å². The van der Waals surface area contributed by atoms with Crippen molar-refractivity contribution in [2.24, 2.45) is 0 Å². The van der Waals surface area contributed by atoms with Crippen molar-refractivity contribution in [3.8, 4) is 6.07 Å². The van der Waals surface area contributed by atoms with E-state index in [1.165, 1.54) is 0 Å². The SMILES string of the molecule is CCCNc1cc(N(C)CCC#N)nc(COCC)n1. The first-order valence-electron chi connectivity index (χ1n) is 6.98. The maximum atomic E-state index is 8.66. The summed E-state index contributed by atoms with van der Waals surface area (Å²) >= 11 is 0.